The van der Waals surface area contributed by atoms with Gasteiger partial charge >= 0.3 is 5.97 Å². The van der Waals surface area contributed by atoms with Gasteiger partial charge in [0.1, 0.15) is 30.2 Å². The molecule has 2 N–H and O–H groups in total. The van der Waals surface area contributed by atoms with Gasteiger partial charge in [0, 0.05) is 0 Å². The molecule has 0 radical (unpaired) electrons. The molecule has 11 nitrogen and oxygen atoms in total. The number of methoxy groups -OCH3 is 1. The van der Waals surface area contributed by atoms with Crippen LogP contribution in [-0.4, -0.2) is 63.0 Å². The number of ether oxygens (including phenoxy) is 5. The van der Waals surface area contributed by atoms with Gasteiger partial charge in [0.15, 0.2) is 23.5 Å². The Balaban J connectivity index is 1.51. The summed E-state index contributed by atoms with van der Waals surface area (Å²) >= 11 is 0. The minimum Gasteiger partial charge on any atom is -0.469 e. The van der Waals surface area contributed by atoms with E-state index in [0.717, 1.165) is 5.56 Å². The Kier molecular flexibility index (Phi) is 5.94. The van der Waals surface area contributed by atoms with Gasteiger partial charge in [-0.2, -0.15) is 0 Å². The van der Waals surface area contributed by atoms with Crippen LogP contribution < -0.4 is 5.73 Å². The van der Waals surface area contributed by atoms with Gasteiger partial charge < -0.3 is 34.0 Å². The van der Waals surface area contributed by atoms with Crippen molar-refractivity contribution in [2.45, 2.75) is 63.3 Å². The number of esters is 1. The fourth-order valence-electron chi connectivity index (χ4n) is 4.51. The van der Waals surface area contributed by atoms with E-state index in [1.165, 1.54) is 13.4 Å². The first-order valence-corrected chi connectivity index (χ1v) is 11.0. The van der Waals surface area contributed by atoms with Crippen LogP contribution in [-0.2, 0) is 35.1 Å². The molecule has 5 rings (SSSR count). The summed E-state index contributed by atoms with van der Waals surface area (Å²) < 4.78 is 31.6. The van der Waals surface area contributed by atoms with Crippen molar-refractivity contribution < 1.29 is 28.5 Å². The van der Waals surface area contributed by atoms with Crippen molar-refractivity contribution in [2.24, 2.45) is 0 Å². The number of nitrogen functional groups attached to an aromatic ring is 1. The van der Waals surface area contributed by atoms with Crippen LogP contribution in [0.4, 0.5) is 5.82 Å². The van der Waals surface area contributed by atoms with E-state index in [-0.39, 0.29) is 12.2 Å². The van der Waals surface area contributed by atoms with Crippen LogP contribution >= 0.6 is 0 Å². The molecule has 2 fully saturated rings. The highest BCUT2D eigenvalue weighted by Gasteiger charge is 2.57. The van der Waals surface area contributed by atoms with E-state index in [4.69, 9.17) is 29.4 Å². The molecule has 2 aromatic heterocycles. The van der Waals surface area contributed by atoms with E-state index in [1.807, 2.05) is 44.2 Å². The second-order valence-corrected chi connectivity index (χ2v) is 8.76. The predicted octanol–water partition coefficient (Wildman–Crippen LogP) is 1.97. The average molecular weight is 469 g/mol. The van der Waals surface area contributed by atoms with Gasteiger partial charge in [0.05, 0.1) is 32.5 Å². The lowest BCUT2D eigenvalue weighted by atomic mass is 10.00. The smallest absolute Gasteiger partial charge is 0.307 e. The minimum atomic E-state index is -0.824. The van der Waals surface area contributed by atoms with E-state index in [1.54, 1.807) is 10.9 Å². The molecule has 0 bridgehead atoms. The number of fused-ring (bicyclic) bond motifs is 2. The number of rotatable bonds is 7. The van der Waals surface area contributed by atoms with Crippen molar-refractivity contribution in [2.75, 3.05) is 12.8 Å². The van der Waals surface area contributed by atoms with Crippen LogP contribution in [0, 0.1) is 0 Å². The van der Waals surface area contributed by atoms with E-state index < -0.39 is 42.4 Å². The lowest BCUT2D eigenvalue weighted by molar-refractivity contribution is -0.224. The Morgan fingerprint density at radius 3 is 2.76 bits per heavy atom. The number of carbonyl (C=O) groups excluding carboxylic acids is 1. The van der Waals surface area contributed by atoms with E-state index in [2.05, 4.69) is 15.0 Å². The van der Waals surface area contributed by atoms with Crippen molar-refractivity contribution in [1.82, 2.24) is 19.5 Å². The van der Waals surface area contributed by atoms with Gasteiger partial charge in [0.25, 0.3) is 0 Å². The Bertz CT molecular complexity index is 1170. The summed E-state index contributed by atoms with van der Waals surface area (Å²) in [5, 5.41) is 0. The molecular formula is C23H27N5O6. The molecule has 34 heavy (non-hydrogen) atoms. The molecule has 4 heterocycles. The highest BCUT2D eigenvalue weighted by atomic mass is 16.8. The summed E-state index contributed by atoms with van der Waals surface area (Å²) in [5.74, 6) is -0.996. The Morgan fingerprint density at radius 1 is 1.21 bits per heavy atom. The van der Waals surface area contributed by atoms with Crippen LogP contribution in [0.3, 0.4) is 0 Å². The number of carbonyl (C=O) groups is 1. The maximum atomic E-state index is 12.4. The van der Waals surface area contributed by atoms with Crippen LogP contribution in [0.1, 0.15) is 31.9 Å². The summed E-state index contributed by atoms with van der Waals surface area (Å²) in [6.07, 6.45) is 0.605. The van der Waals surface area contributed by atoms with Crippen LogP contribution in [0.2, 0.25) is 0 Å². The molecule has 2 saturated heterocycles. The third-order valence-corrected chi connectivity index (χ3v) is 6.04. The quantitative estimate of drug-likeness (QED) is 0.512. The molecule has 11 heteroatoms. The molecule has 0 saturated carbocycles. The molecule has 180 valence electrons. The van der Waals surface area contributed by atoms with Crippen molar-refractivity contribution in [1.29, 1.82) is 0 Å². The second-order valence-electron chi connectivity index (χ2n) is 8.76. The minimum absolute atomic E-state index is 0.00936. The molecule has 0 spiro atoms. The number of benzene rings is 1. The Labute approximate surface area is 196 Å². The van der Waals surface area contributed by atoms with Gasteiger partial charge in [-0.3, -0.25) is 4.79 Å². The number of aromatic nitrogens is 4. The van der Waals surface area contributed by atoms with Gasteiger partial charge in [-0.1, -0.05) is 30.3 Å². The standard InChI is InChI=1S/C23H27N5O6/c1-23(2)33-19-18(31-10-13-7-5-4-6-8-13)17(32-22(19)34-23)14(9-15(29)30-3)28-12-27-16-20(24)25-11-26-21(16)28/h4-8,11-12,14,17-19,22H,9-10H2,1-3H3,(H2,24,25,26)/t14-,17+,18-,19+,22+/m0/s1. The Hall–Kier alpha value is -3.12. The summed E-state index contributed by atoms with van der Waals surface area (Å²) in [6, 6.07) is 9.23. The number of imidazole rings is 1. The molecule has 3 aromatic rings. The largest absolute Gasteiger partial charge is 0.469 e. The monoisotopic (exact) mass is 469 g/mol. The summed E-state index contributed by atoms with van der Waals surface area (Å²) in [6.45, 7) is 3.99. The molecule has 2 aliphatic rings. The van der Waals surface area contributed by atoms with Gasteiger partial charge in [-0.15, -0.1) is 0 Å². The normalized spacial score (nSPS) is 26.4. The highest BCUT2D eigenvalue weighted by molar-refractivity contribution is 5.81. The maximum Gasteiger partial charge on any atom is 0.307 e. The third kappa shape index (κ3) is 4.23. The summed E-state index contributed by atoms with van der Waals surface area (Å²) in [5.41, 5.74) is 7.89. The van der Waals surface area contributed by atoms with Crippen molar-refractivity contribution in [3.63, 3.8) is 0 Å². The highest BCUT2D eigenvalue weighted by Crippen LogP contribution is 2.43. The number of nitrogens with two attached hydrogens (primary N) is 1. The summed E-state index contributed by atoms with van der Waals surface area (Å²) in [7, 11) is 1.34. The predicted molar refractivity (Wildman–Crippen MR) is 119 cm³/mol. The van der Waals surface area contributed by atoms with Gasteiger partial charge in [0.2, 0.25) is 0 Å². The number of hydrogen-bond acceptors (Lipinski definition) is 10. The third-order valence-electron chi connectivity index (χ3n) is 6.04. The molecule has 0 amide bonds. The SMILES string of the molecule is COC(=O)C[C@@H]([C@H]1O[C@@H]2OC(C)(C)O[C@@H]2[C@H]1OCc1ccccc1)n1cnc2c(N)ncnc21. The van der Waals surface area contributed by atoms with Crippen molar-refractivity contribution in [3.8, 4) is 0 Å². The van der Waals surface area contributed by atoms with Crippen molar-refractivity contribution in [3.05, 3.63) is 48.5 Å². The number of hydrogen-bond donors (Lipinski definition) is 1. The lowest BCUT2D eigenvalue weighted by Gasteiger charge is -2.31. The van der Waals surface area contributed by atoms with Crippen LogP contribution in [0.5, 0.6) is 0 Å². The molecular weight excluding hydrogens is 442 g/mol. The molecule has 5 atom stereocenters. The Morgan fingerprint density at radius 2 is 2.00 bits per heavy atom. The number of nitrogens with zero attached hydrogens (tertiary/aromatic N) is 4. The average Bonchev–Trinajstić information content (AvgIpc) is 3.47. The zero-order valence-corrected chi connectivity index (χ0v) is 19.2. The van der Waals surface area contributed by atoms with Gasteiger partial charge in [-0.25, -0.2) is 15.0 Å². The topological polar surface area (TPSA) is 133 Å². The van der Waals surface area contributed by atoms with Crippen molar-refractivity contribution >= 4 is 23.0 Å². The second kappa shape index (κ2) is 8.91. The summed E-state index contributed by atoms with van der Waals surface area (Å²) in [4.78, 5) is 25.1. The van der Waals surface area contributed by atoms with E-state index >= 15 is 0 Å². The van der Waals surface area contributed by atoms with Gasteiger partial charge in [-0.05, 0) is 19.4 Å². The fraction of sp³-hybridized carbons (Fsp3) is 0.478. The first kappa shape index (κ1) is 22.7. The maximum absolute atomic E-state index is 12.4. The fourth-order valence-corrected chi connectivity index (χ4v) is 4.51. The van der Waals surface area contributed by atoms with E-state index in [9.17, 15) is 4.79 Å². The zero-order valence-electron chi connectivity index (χ0n) is 19.2. The molecule has 0 unspecified atom stereocenters. The zero-order chi connectivity index (χ0) is 23.9. The molecule has 2 aliphatic heterocycles. The number of anilines is 1. The van der Waals surface area contributed by atoms with E-state index in [0.29, 0.717) is 17.8 Å². The first-order valence-electron chi connectivity index (χ1n) is 11.0. The lowest BCUT2D eigenvalue weighted by Crippen LogP contribution is -2.41. The van der Waals surface area contributed by atoms with Crippen LogP contribution in [0.15, 0.2) is 43.0 Å². The molecule has 0 aliphatic carbocycles. The first-order chi connectivity index (χ1) is 16.4. The van der Waals surface area contributed by atoms with Crippen LogP contribution in [0.25, 0.3) is 11.2 Å². The molecule has 1 aromatic carbocycles.